The topological polar surface area (TPSA) is 50.4 Å². The minimum absolute atomic E-state index is 0. The van der Waals surface area contributed by atoms with Crippen LogP contribution in [0, 0.1) is 5.92 Å². The Morgan fingerprint density at radius 3 is 2.65 bits per heavy atom. The van der Waals surface area contributed by atoms with Crippen LogP contribution in [0.3, 0.4) is 0 Å². The van der Waals surface area contributed by atoms with E-state index < -0.39 is 0 Å². The van der Waals surface area contributed by atoms with Gasteiger partial charge in [-0.2, -0.15) is 0 Å². The average Bonchev–Trinajstić information content (AvgIpc) is 2.62. The molecule has 23 heavy (non-hydrogen) atoms. The molecule has 1 atom stereocenters. The highest BCUT2D eigenvalue weighted by molar-refractivity contribution is 5.85. The lowest BCUT2D eigenvalue weighted by Crippen LogP contribution is -2.48. The van der Waals surface area contributed by atoms with E-state index in [1.165, 1.54) is 5.56 Å². The van der Waals surface area contributed by atoms with Gasteiger partial charge in [0, 0.05) is 31.7 Å². The molecule has 2 N–H and O–H groups in total. The summed E-state index contributed by atoms with van der Waals surface area (Å²) in [6.07, 6.45) is 4.04. The first-order chi connectivity index (χ1) is 10.8. The Balaban J connectivity index is 0.00000192. The fourth-order valence-electron chi connectivity index (χ4n) is 3.60. The smallest absolute Gasteiger partial charge is 0.224 e. The fourth-order valence-corrected chi connectivity index (χ4v) is 3.60. The summed E-state index contributed by atoms with van der Waals surface area (Å²) >= 11 is 0. The third kappa shape index (κ3) is 4.46. The molecule has 1 unspecified atom stereocenters. The van der Waals surface area contributed by atoms with Crippen LogP contribution in [0.2, 0.25) is 0 Å². The van der Waals surface area contributed by atoms with Gasteiger partial charge >= 0.3 is 0 Å². The number of rotatable bonds is 4. The first-order valence-electron chi connectivity index (χ1n) is 8.42. The Morgan fingerprint density at radius 1 is 1.26 bits per heavy atom. The Labute approximate surface area is 144 Å². The summed E-state index contributed by atoms with van der Waals surface area (Å²) in [7, 11) is 0. The van der Waals surface area contributed by atoms with Gasteiger partial charge in [-0.3, -0.25) is 4.79 Å². The summed E-state index contributed by atoms with van der Waals surface area (Å²) in [5, 5.41) is 6.54. The van der Waals surface area contributed by atoms with Crippen LogP contribution >= 0.6 is 12.4 Å². The van der Waals surface area contributed by atoms with Gasteiger partial charge in [-0.15, -0.1) is 12.4 Å². The zero-order valence-corrected chi connectivity index (χ0v) is 14.4. The number of piperidine rings is 1. The van der Waals surface area contributed by atoms with E-state index >= 15 is 0 Å². The van der Waals surface area contributed by atoms with Crippen molar-refractivity contribution in [2.45, 2.75) is 31.1 Å². The van der Waals surface area contributed by atoms with Gasteiger partial charge in [0.25, 0.3) is 0 Å². The quantitative estimate of drug-likeness (QED) is 0.885. The minimum atomic E-state index is 0. The molecule has 3 rings (SSSR count). The van der Waals surface area contributed by atoms with Crippen LogP contribution in [0.15, 0.2) is 30.3 Å². The van der Waals surface area contributed by atoms with Crippen LogP contribution in [0.5, 0.6) is 0 Å². The van der Waals surface area contributed by atoms with E-state index in [0.717, 1.165) is 58.5 Å². The second-order valence-corrected chi connectivity index (χ2v) is 6.52. The lowest BCUT2D eigenvalue weighted by molar-refractivity contribution is -0.126. The van der Waals surface area contributed by atoms with E-state index in [2.05, 4.69) is 34.9 Å². The molecule has 2 aliphatic heterocycles. The molecule has 0 aliphatic carbocycles. The Bertz CT molecular complexity index is 483. The molecule has 0 bridgehead atoms. The summed E-state index contributed by atoms with van der Waals surface area (Å²) in [5.74, 6) is 0.329. The molecule has 0 aromatic heterocycles. The fraction of sp³-hybridized carbons (Fsp3) is 0.611. The van der Waals surface area contributed by atoms with Crippen molar-refractivity contribution >= 4 is 18.3 Å². The number of carbonyl (C=O) groups is 1. The number of hydrogen-bond donors (Lipinski definition) is 2. The van der Waals surface area contributed by atoms with Crippen LogP contribution < -0.4 is 10.6 Å². The second-order valence-electron chi connectivity index (χ2n) is 6.52. The molecule has 2 heterocycles. The van der Waals surface area contributed by atoms with Gasteiger partial charge in [-0.05, 0) is 37.8 Å². The second kappa shape index (κ2) is 8.67. The molecule has 1 aromatic rings. The lowest BCUT2D eigenvalue weighted by Gasteiger charge is -2.38. The number of ether oxygens (including phenoxy) is 1. The molecule has 128 valence electrons. The van der Waals surface area contributed by atoms with Crippen molar-refractivity contribution in [3.8, 4) is 0 Å². The molecule has 1 aromatic carbocycles. The summed E-state index contributed by atoms with van der Waals surface area (Å²) in [5.41, 5.74) is 1.34. The maximum atomic E-state index is 12.4. The zero-order valence-electron chi connectivity index (χ0n) is 13.6. The van der Waals surface area contributed by atoms with Gasteiger partial charge < -0.3 is 15.4 Å². The third-order valence-electron chi connectivity index (χ3n) is 5.10. The van der Waals surface area contributed by atoms with Crippen LogP contribution in [-0.2, 0) is 14.9 Å². The third-order valence-corrected chi connectivity index (χ3v) is 5.10. The first kappa shape index (κ1) is 18.2. The van der Waals surface area contributed by atoms with Crippen molar-refractivity contribution in [1.29, 1.82) is 0 Å². The van der Waals surface area contributed by atoms with Crippen molar-refractivity contribution in [3.63, 3.8) is 0 Å². The van der Waals surface area contributed by atoms with Gasteiger partial charge in [0.05, 0.1) is 5.92 Å². The lowest BCUT2D eigenvalue weighted by atomic mass is 9.74. The van der Waals surface area contributed by atoms with Crippen LogP contribution in [0.1, 0.15) is 31.2 Å². The summed E-state index contributed by atoms with van der Waals surface area (Å²) in [6, 6.07) is 10.6. The monoisotopic (exact) mass is 338 g/mol. The minimum Gasteiger partial charge on any atom is -0.381 e. The zero-order chi connectivity index (χ0) is 15.3. The van der Waals surface area contributed by atoms with Crippen molar-refractivity contribution < 1.29 is 9.53 Å². The predicted molar refractivity (Wildman–Crippen MR) is 94.0 cm³/mol. The highest BCUT2D eigenvalue weighted by Gasteiger charge is 2.35. The van der Waals surface area contributed by atoms with Crippen molar-refractivity contribution in [3.05, 3.63) is 35.9 Å². The molecule has 0 radical (unpaired) electrons. The van der Waals surface area contributed by atoms with E-state index in [4.69, 9.17) is 4.74 Å². The molecule has 2 fully saturated rings. The number of amides is 1. The first-order valence-corrected chi connectivity index (χ1v) is 8.42. The maximum Gasteiger partial charge on any atom is 0.224 e. The Hall–Kier alpha value is -1.10. The summed E-state index contributed by atoms with van der Waals surface area (Å²) in [6.45, 7) is 4.11. The van der Waals surface area contributed by atoms with Gasteiger partial charge in [-0.1, -0.05) is 30.3 Å². The van der Waals surface area contributed by atoms with Gasteiger partial charge in [-0.25, -0.2) is 0 Å². The summed E-state index contributed by atoms with van der Waals surface area (Å²) in [4.78, 5) is 12.4. The van der Waals surface area contributed by atoms with E-state index in [-0.39, 0.29) is 29.6 Å². The van der Waals surface area contributed by atoms with E-state index in [1.807, 2.05) is 6.07 Å². The average molecular weight is 339 g/mol. The summed E-state index contributed by atoms with van der Waals surface area (Å²) < 4.78 is 5.55. The number of benzene rings is 1. The van der Waals surface area contributed by atoms with E-state index in [0.29, 0.717) is 0 Å². The molecular formula is C18H27ClN2O2. The van der Waals surface area contributed by atoms with E-state index in [1.54, 1.807) is 0 Å². The van der Waals surface area contributed by atoms with E-state index in [9.17, 15) is 4.79 Å². The molecule has 0 saturated carbocycles. The number of hydrogen-bond acceptors (Lipinski definition) is 3. The molecule has 2 saturated heterocycles. The molecule has 0 spiro atoms. The molecule has 2 aliphatic rings. The number of nitrogens with one attached hydrogen (secondary N) is 2. The van der Waals surface area contributed by atoms with Crippen molar-refractivity contribution in [2.24, 2.45) is 5.92 Å². The molecule has 1 amide bonds. The maximum absolute atomic E-state index is 12.4. The molecule has 5 heteroatoms. The Morgan fingerprint density at radius 2 is 2.00 bits per heavy atom. The van der Waals surface area contributed by atoms with Crippen LogP contribution in [0.25, 0.3) is 0 Å². The van der Waals surface area contributed by atoms with Crippen LogP contribution in [-0.4, -0.2) is 38.8 Å². The normalized spacial score (nSPS) is 23.6. The van der Waals surface area contributed by atoms with Gasteiger partial charge in [0.2, 0.25) is 5.91 Å². The van der Waals surface area contributed by atoms with Gasteiger partial charge in [0.15, 0.2) is 0 Å². The molecular weight excluding hydrogens is 312 g/mol. The number of carbonyl (C=O) groups excluding carboxylic acids is 1. The SMILES string of the molecule is Cl.O=C(NCC1(c2ccccc2)CCOCC1)C1CCCNC1. The standard InChI is InChI=1S/C18H26N2O2.ClH/c21-17(15-5-4-10-19-13-15)20-14-18(8-11-22-12-9-18)16-6-2-1-3-7-16;/h1-3,6-7,15,19H,4-5,8-14H2,(H,20,21);1H. The van der Waals surface area contributed by atoms with Crippen LogP contribution in [0.4, 0.5) is 0 Å². The van der Waals surface area contributed by atoms with Crippen molar-refractivity contribution in [2.75, 3.05) is 32.8 Å². The highest BCUT2D eigenvalue weighted by atomic mass is 35.5. The van der Waals surface area contributed by atoms with Crippen molar-refractivity contribution in [1.82, 2.24) is 10.6 Å². The Kier molecular flexibility index (Phi) is 6.88. The highest BCUT2D eigenvalue weighted by Crippen LogP contribution is 2.34. The van der Waals surface area contributed by atoms with Gasteiger partial charge in [0.1, 0.15) is 0 Å². The molecule has 4 nitrogen and oxygen atoms in total. The largest absolute Gasteiger partial charge is 0.381 e. The number of halogens is 1. The predicted octanol–water partition coefficient (Wildman–Crippen LogP) is 2.27.